The number of carboxylic acid groups (broad SMARTS) is 1. The first-order valence-corrected chi connectivity index (χ1v) is 6.13. The molecule has 0 bridgehead atoms. The number of hydrogen-bond donors (Lipinski definition) is 4. The summed E-state index contributed by atoms with van der Waals surface area (Å²) < 4.78 is 26.7. The van der Waals surface area contributed by atoms with Crippen LogP contribution in [0, 0.1) is 0 Å². The number of nitrogens with two attached hydrogens (primary N) is 1. The van der Waals surface area contributed by atoms with E-state index in [1.54, 1.807) is 0 Å². The summed E-state index contributed by atoms with van der Waals surface area (Å²) >= 11 is -4.84. The molecule has 0 aromatic heterocycles. The molecule has 0 rings (SSSR count). The van der Waals surface area contributed by atoms with Gasteiger partial charge in [0.1, 0.15) is 0 Å². The van der Waals surface area contributed by atoms with Crippen LogP contribution in [0.4, 0.5) is 0 Å². The van der Waals surface area contributed by atoms with Crippen molar-refractivity contribution in [3.8, 4) is 0 Å². The molecule has 0 radical (unpaired) electrons. The molecule has 0 spiro atoms. The normalized spacial score (nSPS) is 14.7. The Morgan fingerprint density at radius 1 is 1.60 bits per heavy atom. The fraction of sp³-hybridized carbons (Fsp3) is 0.667. The molecule has 0 saturated heterocycles. The van der Waals surface area contributed by atoms with Crippen LogP contribution in [-0.2, 0) is 8.53 Å². The standard InChI is InChI=1S/C3H8AsNO5/c5-2(3(6)7)1-4(8,9)10/h2H,1,5H2,(H,6,7)(H2,8,9,10)/t2-/m0/s1. The summed E-state index contributed by atoms with van der Waals surface area (Å²) in [6.07, 6.45) is 0. The molecule has 0 amide bonds. The molecule has 0 heterocycles. The minimum absolute atomic E-state index is 0.756. The van der Waals surface area contributed by atoms with Gasteiger partial charge in [0.2, 0.25) is 0 Å². The minimum atomic E-state index is -4.84. The van der Waals surface area contributed by atoms with E-state index in [1.165, 1.54) is 0 Å². The van der Waals surface area contributed by atoms with Gasteiger partial charge in [0.25, 0.3) is 0 Å². The second-order valence-electron chi connectivity index (χ2n) is 1.79. The Labute approximate surface area is 59.6 Å². The SMILES string of the molecule is N[C@@H](C[As](=O)(O)O)C(=O)O. The van der Waals surface area contributed by atoms with Gasteiger partial charge in [-0.1, -0.05) is 0 Å². The molecule has 6 nitrogen and oxygen atoms in total. The first-order chi connectivity index (χ1) is 4.33. The van der Waals surface area contributed by atoms with Crippen molar-refractivity contribution in [2.45, 2.75) is 11.3 Å². The predicted octanol–water partition coefficient (Wildman–Crippen LogP) is -2.25. The third kappa shape index (κ3) is 4.57. The van der Waals surface area contributed by atoms with Gasteiger partial charge < -0.3 is 0 Å². The van der Waals surface area contributed by atoms with Crippen molar-refractivity contribution < 1.29 is 21.8 Å². The Morgan fingerprint density at radius 3 is 2.10 bits per heavy atom. The molecular weight excluding hydrogens is 205 g/mol. The van der Waals surface area contributed by atoms with Crippen LogP contribution in [-0.4, -0.2) is 39.5 Å². The zero-order valence-electron chi connectivity index (χ0n) is 4.97. The first kappa shape index (κ1) is 9.71. The van der Waals surface area contributed by atoms with Crippen LogP contribution in [0.1, 0.15) is 0 Å². The van der Waals surface area contributed by atoms with Crippen LogP contribution < -0.4 is 5.73 Å². The van der Waals surface area contributed by atoms with E-state index in [4.69, 9.17) is 19.0 Å². The zero-order chi connectivity index (χ0) is 8.36. The summed E-state index contributed by atoms with van der Waals surface area (Å²) in [5.74, 6) is -1.40. The molecule has 0 unspecified atom stereocenters. The van der Waals surface area contributed by atoms with Crippen LogP contribution in [0.3, 0.4) is 0 Å². The van der Waals surface area contributed by atoms with Crippen LogP contribution in [0.25, 0.3) is 0 Å². The average molecular weight is 213 g/mol. The van der Waals surface area contributed by atoms with E-state index >= 15 is 0 Å². The Morgan fingerprint density at radius 2 is 2.00 bits per heavy atom. The van der Waals surface area contributed by atoms with Crippen molar-refractivity contribution in [3.05, 3.63) is 0 Å². The Bertz CT molecular complexity index is 174. The molecule has 7 heteroatoms. The summed E-state index contributed by atoms with van der Waals surface area (Å²) in [6.45, 7) is 0. The van der Waals surface area contributed by atoms with E-state index < -0.39 is 31.4 Å². The van der Waals surface area contributed by atoms with Gasteiger partial charge in [-0.15, -0.1) is 0 Å². The van der Waals surface area contributed by atoms with Crippen molar-refractivity contribution in [2.75, 3.05) is 0 Å². The molecule has 60 valence electrons. The molecular formula is C3H8AsNO5. The van der Waals surface area contributed by atoms with Gasteiger partial charge in [-0.25, -0.2) is 0 Å². The molecule has 0 aliphatic carbocycles. The maximum atomic E-state index is 10.2. The zero-order valence-corrected chi connectivity index (χ0v) is 6.84. The molecule has 0 saturated carbocycles. The van der Waals surface area contributed by atoms with Crippen molar-refractivity contribution >= 4 is 20.1 Å². The Hall–Kier alpha value is -0.292. The predicted molar refractivity (Wildman–Crippen MR) is 31.3 cm³/mol. The summed E-state index contributed by atoms with van der Waals surface area (Å²) in [6, 6.07) is -1.46. The van der Waals surface area contributed by atoms with Crippen LogP contribution in [0.15, 0.2) is 0 Å². The Kier molecular flexibility index (Phi) is 3.11. The number of hydrogen-bond acceptors (Lipinski definition) is 3. The molecule has 0 fully saturated rings. The van der Waals surface area contributed by atoms with Gasteiger partial charge in [-0.05, 0) is 0 Å². The Balaban J connectivity index is 3.93. The average Bonchev–Trinajstić information content (AvgIpc) is 1.60. The number of carboxylic acids is 1. The van der Waals surface area contributed by atoms with Gasteiger partial charge in [0.15, 0.2) is 0 Å². The second-order valence-corrected chi connectivity index (χ2v) is 5.35. The second kappa shape index (κ2) is 3.20. The molecule has 0 aliphatic heterocycles. The summed E-state index contributed by atoms with van der Waals surface area (Å²) in [5, 5.41) is 7.33. The van der Waals surface area contributed by atoms with Gasteiger partial charge in [0.05, 0.1) is 0 Å². The molecule has 0 aromatic carbocycles. The maximum absolute atomic E-state index is 10.2. The molecule has 1 atom stereocenters. The topological polar surface area (TPSA) is 121 Å². The van der Waals surface area contributed by atoms with Gasteiger partial charge in [0, 0.05) is 0 Å². The van der Waals surface area contributed by atoms with Gasteiger partial charge >= 0.3 is 59.0 Å². The number of aliphatic carboxylic acids is 1. The third-order valence-corrected chi connectivity index (χ3v) is 2.58. The summed E-state index contributed by atoms with van der Waals surface area (Å²) in [4.78, 5) is 9.92. The summed E-state index contributed by atoms with van der Waals surface area (Å²) in [7, 11) is 0. The van der Waals surface area contributed by atoms with E-state index in [9.17, 15) is 8.53 Å². The van der Waals surface area contributed by atoms with Crippen LogP contribution >= 0.6 is 0 Å². The summed E-state index contributed by atoms with van der Waals surface area (Å²) in [5.41, 5.74) is 4.83. The fourth-order valence-electron chi connectivity index (χ4n) is 0.334. The van der Waals surface area contributed by atoms with Crippen molar-refractivity contribution in [1.29, 1.82) is 0 Å². The van der Waals surface area contributed by atoms with Gasteiger partial charge in [-0.2, -0.15) is 0 Å². The first-order valence-electron chi connectivity index (χ1n) is 2.36. The van der Waals surface area contributed by atoms with E-state index in [0.29, 0.717) is 0 Å². The molecule has 10 heavy (non-hydrogen) atoms. The van der Waals surface area contributed by atoms with Crippen LogP contribution in [0.2, 0.25) is 5.21 Å². The van der Waals surface area contributed by atoms with Crippen molar-refractivity contribution in [2.24, 2.45) is 5.73 Å². The quantitative estimate of drug-likeness (QED) is 0.393. The van der Waals surface area contributed by atoms with E-state index in [1.807, 2.05) is 0 Å². The van der Waals surface area contributed by atoms with Crippen LogP contribution in [0.5, 0.6) is 0 Å². The number of rotatable bonds is 3. The van der Waals surface area contributed by atoms with E-state index in [-0.39, 0.29) is 0 Å². The molecule has 5 N–H and O–H groups in total. The van der Waals surface area contributed by atoms with E-state index in [2.05, 4.69) is 0 Å². The van der Waals surface area contributed by atoms with Crippen molar-refractivity contribution in [1.82, 2.24) is 0 Å². The third-order valence-electron chi connectivity index (χ3n) is 0.752. The monoisotopic (exact) mass is 213 g/mol. The number of carbonyl (C=O) groups is 1. The fourth-order valence-corrected chi connectivity index (χ4v) is 1.74. The molecule has 0 aliphatic rings. The van der Waals surface area contributed by atoms with E-state index in [0.717, 1.165) is 0 Å². The van der Waals surface area contributed by atoms with Crippen molar-refractivity contribution in [3.63, 3.8) is 0 Å². The van der Waals surface area contributed by atoms with Gasteiger partial charge in [-0.3, -0.25) is 0 Å². The molecule has 0 aromatic rings.